The monoisotopic (exact) mass is 443 g/mol. The molecule has 10 heteroatoms. The second-order valence-electron chi connectivity index (χ2n) is 5.87. The third kappa shape index (κ3) is 3.56. The molecule has 25 heavy (non-hydrogen) atoms. The number of halogens is 4. The molecule has 0 radical (unpaired) electrons. The fourth-order valence-corrected chi connectivity index (χ4v) is 5.99. The van der Waals surface area contributed by atoms with E-state index in [1.54, 1.807) is 6.92 Å². The van der Waals surface area contributed by atoms with Crippen molar-refractivity contribution in [3.63, 3.8) is 0 Å². The zero-order valence-electron chi connectivity index (χ0n) is 13.3. The molecule has 1 aliphatic rings. The predicted molar refractivity (Wildman–Crippen MR) is 87.5 cm³/mol. The number of hydrogen-bond acceptors (Lipinski definition) is 3. The number of alkyl halides is 3. The number of sulfonamides is 1. The predicted octanol–water partition coefficient (Wildman–Crippen LogP) is 3.88. The third-order valence-electron chi connectivity index (χ3n) is 4.49. The first-order valence-corrected chi connectivity index (χ1v) is 9.83. The second kappa shape index (κ2) is 6.88. The summed E-state index contributed by atoms with van der Waals surface area (Å²) in [5, 5.41) is 9.62. The first-order chi connectivity index (χ1) is 11.5. The van der Waals surface area contributed by atoms with Crippen molar-refractivity contribution in [3.05, 3.63) is 28.2 Å². The van der Waals surface area contributed by atoms with Crippen molar-refractivity contribution in [1.29, 1.82) is 0 Å². The van der Waals surface area contributed by atoms with E-state index in [0.717, 1.165) is 10.4 Å². The van der Waals surface area contributed by atoms with Gasteiger partial charge in [-0.15, -0.1) is 0 Å². The number of benzene rings is 1. The third-order valence-corrected chi connectivity index (χ3v) is 7.43. The summed E-state index contributed by atoms with van der Waals surface area (Å²) in [6.45, 7) is 1.60. The van der Waals surface area contributed by atoms with Crippen molar-refractivity contribution in [2.75, 3.05) is 6.54 Å². The molecule has 5 nitrogen and oxygen atoms in total. The van der Waals surface area contributed by atoms with E-state index in [1.807, 2.05) is 0 Å². The number of carboxylic acids is 1. The van der Waals surface area contributed by atoms with Crippen molar-refractivity contribution >= 4 is 31.9 Å². The molecule has 140 valence electrons. The SMILES string of the molecule is CC[C@@]1(C(=O)O)CCCCN1S(=O)(=O)c1ccc(C(F)(F)F)cc1Br. The number of aliphatic carboxylic acids is 1. The van der Waals surface area contributed by atoms with E-state index in [2.05, 4.69) is 15.9 Å². The number of rotatable bonds is 4. The van der Waals surface area contributed by atoms with Crippen molar-refractivity contribution in [3.8, 4) is 0 Å². The molecule has 0 amide bonds. The van der Waals surface area contributed by atoms with Crippen LogP contribution in [0.3, 0.4) is 0 Å². The lowest BCUT2D eigenvalue weighted by molar-refractivity contribution is -0.150. The van der Waals surface area contributed by atoms with Crippen LogP contribution in [0.5, 0.6) is 0 Å². The van der Waals surface area contributed by atoms with Crippen molar-refractivity contribution in [1.82, 2.24) is 4.31 Å². The molecule has 0 aromatic heterocycles. The lowest BCUT2D eigenvalue weighted by Gasteiger charge is -2.42. The van der Waals surface area contributed by atoms with Gasteiger partial charge in [-0.25, -0.2) is 8.42 Å². The van der Waals surface area contributed by atoms with Gasteiger partial charge in [0.15, 0.2) is 0 Å². The largest absolute Gasteiger partial charge is 0.480 e. The Balaban J connectivity index is 2.55. The maximum atomic E-state index is 13.0. The summed E-state index contributed by atoms with van der Waals surface area (Å²) in [7, 11) is -4.28. The van der Waals surface area contributed by atoms with Gasteiger partial charge in [0, 0.05) is 11.0 Å². The Kier molecular flexibility index (Phi) is 5.56. The highest BCUT2D eigenvalue weighted by Gasteiger charge is 2.50. The van der Waals surface area contributed by atoms with E-state index in [-0.39, 0.29) is 28.8 Å². The molecular weight excluding hydrogens is 427 g/mol. The van der Waals surface area contributed by atoms with Gasteiger partial charge in [-0.1, -0.05) is 6.92 Å². The lowest BCUT2D eigenvalue weighted by atomic mass is 9.86. The maximum absolute atomic E-state index is 13.0. The molecule has 0 saturated carbocycles. The van der Waals surface area contributed by atoms with Crippen LogP contribution in [0.25, 0.3) is 0 Å². The summed E-state index contributed by atoms with van der Waals surface area (Å²) in [4.78, 5) is 11.4. The van der Waals surface area contributed by atoms with Crippen LogP contribution in [0, 0.1) is 0 Å². The van der Waals surface area contributed by atoms with Gasteiger partial charge >= 0.3 is 12.1 Å². The van der Waals surface area contributed by atoms with Gasteiger partial charge in [0.25, 0.3) is 0 Å². The van der Waals surface area contributed by atoms with Crippen LogP contribution in [0.4, 0.5) is 13.2 Å². The molecule has 1 atom stereocenters. The topological polar surface area (TPSA) is 74.7 Å². The van der Waals surface area contributed by atoms with Crippen LogP contribution in [-0.2, 0) is 21.0 Å². The minimum absolute atomic E-state index is 0.00986. The Labute approximate surface area is 152 Å². The number of carbonyl (C=O) groups is 1. The molecule has 1 fully saturated rings. The fraction of sp³-hybridized carbons (Fsp3) is 0.533. The summed E-state index contributed by atoms with van der Waals surface area (Å²) < 4.78 is 65.0. The molecule has 0 bridgehead atoms. The molecule has 1 aromatic carbocycles. The minimum Gasteiger partial charge on any atom is -0.480 e. The van der Waals surface area contributed by atoms with E-state index in [0.29, 0.717) is 25.0 Å². The Bertz CT molecular complexity index is 781. The Morgan fingerprint density at radius 1 is 1.36 bits per heavy atom. The molecule has 1 N–H and O–H groups in total. The van der Waals surface area contributed by atoms with Crippen LogP contribution >= 0.6 is 15.9 Å². The fourth-order valence-electron chi connectivity index (χ4n) is 3.08. The first kappa shape index (κ1) is 20.2. The smallest absolute Gasteiger partial charge is 0.416 e. The summed E-state index contributed by atoms with van der Waals surface area (Å²) in [6, 6.07) is 2.22. The Hall–Kier alpha value is -1.13. The Morgan fingerprint density at radius 3 is 2.48 bits per heavy atom. The van der Waals surface area contributed by atoms with E-state index < -0.39 is 33.3 Å². The van der Waals surface area contributed by atoms with Gasteiger partial charge in [-0.2, -0.15) is 17.5 Å². The maximum Gasteiger partial charge on any atom is 0.416 e. The standard InChI is InChI=1S/C15H17BrF3NO4S/c1-2-14(13(21)22)7-3-4-8-20(14)25(23,24)12-6-5-10(9-11(12)16)15(17,18)19/h5-6,9H,2-4,7-8H2,1H3,(H,21,22)/t14-/m0/s1. The first-order valence-electron chi connectivity index (χ1n) is 7.60. The number of carboxylic acid groups (broad SMARTS) is 1. The average molecular weight is 444 g/mol. The van der Waals surface area contributed by atoms with Crippen molar-refractivity contribution < 1.29 is 31.5 Å². The highest BCUT2D eigenvalue weighted by Crippen LogP contribution is 2.39. The molecular formula is C15H17BrF3NO4S. The molecule has 1 aromatic rings. The highest BCUT2D eigenvalue weighted by atomic mass is 79.9. The van der Waals surface area contributed by atoms with Crippen LogP contribution in [-0.4, -0.2) is 35.9 Å². The van der Waals surface area contributed by atoms with Crippen molar-refractivity contribution in [2.24, 2.45) is 0 Å². The van der Waals surface area contributed by atoms with Crippen LogP contribution in [0.1, 0.15) is 38.2 Å². The van der Waals surface area contributed by atoms with Crippen molar-refractivity contribution in [2.45, 2.75) is 49.2 Å². The zero-order chi connectivity index (χ0) is 19.0. The lowest BCUT2D eigenvalue weighted by Crippen LogP contribution is -2.58. The molecule has 1 saturated heterocycles. The van der Waals surface area contributed by atoms with E-state index in [9.17, 15) is 31.5 Å². The summed E-state index contributed by atoms with van der Waals surface area (Å²) in [5.74, 6) is -1.25. The molecule has 0 spiro atoms. The van der Waals surface area contributed by atoms with Gasteiger partial charge in [0.05, 0.1) is 10.5 Å². The van der Waals surface area contributed by atoms with E-state index >= 15 is 0 Å². The van der Waals surface area contributed by atoms with Gasteiger partial charge in [0.2, 0.25) is 10.0 Å². The number of piperidine rings is 1. The van der Waals surface area contributed by atoms with Gasteiger partial charge in [-0.3, -0.25) is 4.79 Å². The van der Waals surface area contributed by atoms with E-state index in [1.165, 1.54) is 0 Å². The van der Waals surface area contributed by atoms with Gasteiger partial charge < -0.3 is 5.11 Å². The molecule has 0 aliphatic carbocycles. The highest BCUT2D eigenvalue weighted by molar-refractivity contribution is 9.10. The normalized spacial score (nSPS) is 22.8. The van der Waals surface area contributed by atoms with Crippen LogP contribution in [0.2, 0.25) is 0 Å². The average Bonchev–Trinajstić information content (AvgIpc) is 2.53. The van der Waals surface area contributed by atoms with Crippen LogP contribution in [0.15, 0.2) is 27.6 Å². The summed E-state index contributed by atoms with van der Waals surface area (Å²) in [6.07, 6.45) is -3.31. The zero-order valence-corrected chi connectivity index (χ0v) is 15.7. The van der Waals surface area contributed by atoms with Crippen LogP contribution < -0.4 is 0 Å². The quantitative estimate of drug-likeness (QED) is 0.765. The van der Waals surface area contributed by atoms with E-state index in [4.69, 9.17) is 0 Å². The van der Waals surface area contributed by atoms with Gasteiger partial charge in [-0.05, 0) is 59.8 Å². The number of nitrogens with zero attached hydrogens (tertiary/aromatic N) is 1. The summed E-state index contributed by atoms with van der Waals surface area (Å²) in [5.41, 5.74) is -2.57. The Morgan fingerprint density at radius 2 is 2.00 bits per heavy atom. The van der Waals surface area contributed by atoms with Gasteiger partial charge in [0.1, 0.15) is 5.54 Å². The summed E-state index contributed by atoms with van der Waals surface area (Å²) >= 11 is 2.89. The molecule has 1 heterocycles. The minimum atomic E-state index is -4.61. The molecule has 2 rings (SSSR count). The molecule has 1 aliphatic heterocycles. The number of hydrogen-bond donors (Lipinski definition) is 1. The second-order valence-corrected chi connectivity index (χ2v) is 8.55. The molecule has 0 unspecified atom stereocenters.